The molecular weight excluding hydrogens is 356 g/mol. The molecule has 136 valence electrons. The van der Waals surface area contributed by atoms with E-state index in [1.54, 1.807) is 12.1 Å². The van der Waals surface area contributed by atoms with Crippen LogP contribution in [-0.4, -0.2) is 29.8 Å². The maximum atomic E-state index is 12.1. The third-order valence-electron chi connectivity index (χ3n) is 3.69. The summed E-state index contributed by atoms with van der Waals surface area (Å²) in [5.41, 5.74) is 0.0967. The number of amides is 1. The van der Waals surface area contributed by atoms with E-state index in [1.807, 2.05) is 18.2 Å². The quantitative estimate of drug-likeness (QED) is 0.469. The van der Waals surface area contributed by atoms with Crippen LogP contribution in [0, 0.1) is 10.1 Å². The number of carbonyl (C=O) groups is 1. The molecule has 1 aliphatic rings. The summed E-state index contributed by atoms with van der Waals surface area (Å²) in [7, 11) is 0. The Morgan fingerprint density at radius 1 is 1.15 bits per heavy atom. The van der Waals surface area contributed by atoms with Gasteiger partial charge in [0.15, 0.2) is 11.5 Å². The average Bonchev–Trinajstić information content (AvgIpc) is 2.87. The van der Waals surface area contributed by atoms with Crippen molar-refractivity contribution in [2.45, 2.75) is 17.7 Å². The van der Waals surface area contributed by atoms with Gasteiger partial charge in [-0.3, -0.25) is 14.9 Å². The summed E-state index contributed by atoms with van der Waals surface area (Å²) in [6, 6.07) is 11.8. The molecule has 8 heteroatoms. The largest absolute Gasteiger partial charge is 0.490 e. The Labute approximate surface area is 154 Å². The number of rotatable bonds is 6. The van der Waals surface area contributed by atoms with Crippen LogP contribution in [0.4, 0.5) is 11.4 Å². The summed E-state index contributed by atoms with van der Waals surface area (Å²) in [4.78, 5) is 23.5. The van der Waals surface area contributed by atoms with Gasteiger partial charge in [-0.15, -0.1) is 11.8 Å². The van der Waals surface area contributed by atoms with Gasteiger partial charge >= 0.3 is 0 Å². The van der Waals surface area contributed by atoms with Crippen molar-refractivity contribution in [2.75, 3.05) is 24.3 Å². The molecule has 0 saturated heterocycles. The zero-order valence-electron chi connectivity index (χ0n) is 14.0. The van der Waals surface area contributed by atoms with Crippen LogP contribution in [0.5, 0.6) is 11.5 Å². The second-order valence-corrected chi connectivity index (χ2v) is 6.75. The van der Waals surface area contributed by atoms with E-state index in [4.69, 9.17) is 9.47 Å². The first kappa shape index (κ1) is 18.1. The lowest BCUT2D eigenvalue weighted by Gasteiger charge is -2.09. The molecule has 1 N–H and O–H groups in total. The maximum Gasteiger partial charge on any atom is 0.292 e. The predicted molar refractivity (Wildman–Crippen MR) is 99.1 cm³/mol. The number of fused-ring (bicyclic) bond motifs is 1. The monoisotopic (exact) mass is 374 g/mol. The van der Waals surface area contributed by atoms with Crippen LogP contribution in [-0.2, 0) is 4.79 Å². The number of para-hydroxylation sites is 2. The number of nitrogens with zero attached hydrogens (tertiary/aromatic N) is 1. The summed E-state index contributed by atoms with van der Waals surface area (Å²) in [6.07, 6.45) is 1.09. The molecular formula is C18H18N2O5S. The number of nitro groups is 1. The average molecular weight is 374 g/mol. The van der Waals surface area contributed by atoms with Crippen LogP contribution < -0.4 is 14.8 Å². The lowest BCUT2D eigenvalue weighted by atomic mass is 10.2. The van der Waals surface area contributed by atoms with E-state index in [0.717, 1.165) is 22.8 Å². The first-order valence-electron chi connectivity index (χ1n) is 8.19. The number of anilines is 1. The molecule has 2 aromatic rings. The van der Waals surface area contributed by atoms with Crippen LogP contribution in [0.25, 0.3) is 0 Å². The zero-order valence-corrected chi connectivity index (χ0v) is 14.8. The van der Waals surface area contributed by atoms with Gasteiger partial charge in [0, 0.05) is 29.6 Å². The number of benzene rings is 2. The van der Waals surface area contributed by atoms with Crippen molar-refractivity contribution in [1.29, 1.82) is 0 Å². The Bertz CT molecular complexity index is 812. The second-order valence-electron chi connectivity index (χ2n) is 5.58. The van der Waals surface area contributed by atoms with E-state index in [1.165, 1.54) is 23.9 Å². The molecule has 0 aromatic heterocycles. The van der Waals surface area contributed by atoms with Gasteiger partial charge in [0.2, 0.25) is 5.91 Å². The van der Waals surface area contributed by atoms with Crippen molar-refractivity contribution < 1.29 is 19.2 Å². The molecule has 0 radical (unpaired) electrons. The third-order valence-corrected chi connectivity index (χ3v) is 4.69. The minimum absolute atomic E-state index is 0.114. The van der Waals surface area contributed by atoms with E-state index in [2.05, 4.69) is 5.32 Å². The summed E-state index contributed by atoms with van der Waals surface area (Å²) in [5, 5.41) is 13.6. The highest BCUT2D eigenvalue weighted by Gasteiger charge is 2.15. The maximum absolute atomic E-state index is 12.1. The minimum Gasteiger partial charge on any atom is -0.490 e. The number of hydrogen-bond donors (Lipinski definition) is 1. The lowest BCUT2D eigenvalue weighted by Crippen LogP contribution is -2.13. The van der Waals surface area contributed by atoms with Crippen molar-refractivity contribution in [3.8, 4) is 11.5 Å². The van der Waals surface area contributed by atoms with Gasteiger partial charge in [0.05, 0.1) is 18.1 Å². The SMILES string of the molecule is O=C(CCSc1ccc2c(c1)OCCCO2)Nc1ccccc1[N+](=O)[O-]. The fourth-order valence-corrected chi connectivity index (χ4v) is 3.32. The van der Waals surface area contributed by atoms with Gasteiger partial charge in [-0.1, -0.05) is 12.1 Å². The van der Waals surface area contributed by atoms with E-state index >= 15 is 0 Å². The molecule has 0 atom stereocenters. The van der Waals surface area contributed by atoms with Crippen molar-refractivity contribution in [3.63, 3.8) is 0 Å². The van der Waals surface area contributed by atoms with E-state index in [0.29, 0.717) is 19.0 Å². The highest BCUT2D eigenvalue weighted by atomic mass is 32.2. The Balaban J connectivity index is 1.53. The van der Waals surface area contributed by atoms with Gasteiger partial charge in [0.25, 0.3) is 5.69 Å². The Kier molecular flexibility index (Phi) is 5.96. The standard InChI is InChI=1S/C18H18N2O5S/c21-18(19-14-4-1-2-5-15(14)20(22)23)8-11-26-13-6-7-16-17(12-13)25-10-3-9-24-16/h1-2,4-7,12H,3,8-11H2,(H,19,21). The van der Waals surface area contributed by atoms with Crippen LogP contribution in [0.1, 0.15) is 12.8 Å². The van der Waals surface area contributed by atoms with Gasteiger partial charge in [-0.2, -0.15) is 0 Å². The smallest absolute Gasteiger partial charge is 0.292 e. The molecule has 0 saturated carbocycles. The molecule has 7 nitrogen and oxygen atoms in total. The number of nitrogens with one attached hydrogen (secondary N) is 1. The summed E-state index contributed by atoms with van der Waals surface area (Å²) in [6.45, 7) is 1.27. The Morgan fingerprint density at radius 3 is 2.73 bits per heavy atom. The first-order valence-corrected chi connectivity index (χ1v) is 9.18. The van der Waals surface area contributed by atoms with Crippen LogP contribution in [0.2, 0.25) is 0 Å². The summed E-state index contributed by atoms with van der Waals surface area (Å²) in [5.74, 6) is 1.74. The van der Waals surface area contributed by atoms with Crippen LogP contribution >= 0.6 is 11.8 Å². The summed E-state index contributed by atoms with van der Waals surface area (Å²) < 4.78 is 11.2. The molecule has 1 aliphatic heterocycles. The van der Waals surface area contributed by atoms with E-state index in [9.17, 15) is 14.9 Å². The lowest BCUT2D eigenvalue weighted by molar-refractivity contribution is -0.383. The van der Waals surface area contributed by atoms with Crippen LogP contribution in [0.15, 0.2) is 47.4 Å². The highest BCUT2D eigenvalue weighted by Crippen LogP contribution is 2.34. The number of ether oxygens (including phenoxy) is 2. The fourth-order valence-electron chi connectivity index (χ4n) is 2.45. The molecule has 0 aliphatic carbocycles. The van der Waals surface area contributed by atoms with Crippen molar-refractivity contribution in [3.05, 3.63) is 52.6 Å². The number of carbonyl (C=O) groups excluding carboxylic acids is 1. The van der Waals surface area contributed by atoms with Crippen molar-refractivity contribution in [1.82, 2.24) is 0 Å². The zero-order chi connectivity index (χ0) is 18.4. The Morgan fingerprint density at radius 2 is 1.92 bits per heavy atom. The fraction of sp³-hybridized carbons (Fsp3) is 0.278. The molecule has 1 heterocycles. The molecule has 3 rings (SSSR count). The topological polar surface area (TPSA) is 90.7 Å². The molecule has 0 fully saturated rings. The minimum atomic E-state index is -0.512. The number of nitro benzene ring substituents is 1. The first-order chi connectivity index (χ1) is 12.6. The molecule has 0 bridgehead atoms. The molecule has 0 unspecified atom stereocenters. The normalized spacial score (nSPS) is 12.9. The predicted octanol–water partition coefficient (Wildman–Crippen LogP) is 3.88. The number of hydrogen-bond acceptors (Lipinski definition) is 6. The van der Waals surface area contributed by atoms with Gasteiger partial charge < -0.3 is 14.8 Å². The third kappa shape index (κ3) is 4.66. The molecule has 0 spiro atoms. The summed E-state index contributed by atoms with van der Waals surface area (Å²) >= 11 is 1.52. The highest BCUT2D eigenvalue weighted by molar-refractivity contribution is 7.99. The second kappa shape index (κ2) is 8.57. The number of thioether (sulfide) groups is 1. The van der Waals surface area contributed by atoms with E-state index in [-0.39, 0.29) is 23.7 Å². The molecule has 2 aromatic carbocycles. The Hall–Kier alpha value is -2.74. The van der Waals surface area contributed by atoms with Crippen LogP contribution in [0.3, 0.4) is 0 Å². The molecule has 26 heavy (non-hydrogen) atoms. The van der Waals surface area contributed by atoms with Gasteiger partial charge in [0.1, 0.15) is 5.69 Å². The van der Waals surface area contributed by atoms with Crippen molar-refractivity contribution >= 4 is 29.0 Å². The van der Waals surface area contributed by atoms with Crippen molar-refractivity contribution in [2.24, 2.45) is 0 Å². The van der Waals surface area contributed by atoms with E-state index < -0.39 is 4.92 Å². The van der Waals surface area contributed by atoms with Gasteiger partial charge in [-0.25, -0.2) is 0 Å². The van der Waals surface area contributed by atoms with Gasteiger partial charge in [-0.05, 0) is 24.3 Å². The molecule has 1 amide bonds.